The highest BCUT2D eigenvalue weighted by Gasteiger charge is 2.07. The number of rotatable bonds is 6. The third kappa shape index (κ3) is 4.33. The highest BCUT2D eigenvalue weighted by molar-refractivity contribution is 6.31. The standard InChI is InChI=1S/C12H12ClNO3/c13-10-4-3-5-11(9(10)8-14)17-7-2-1-6-12(15)16/h3-5H,1-2,6-7H2,(H,15,16). The van der Waals surface area contributed by atoms with Crippen LogP contribution in [0.25, 0.3) is 0 Å². The number of carboxylic acids is 1. The summed E-state index contributed by atoms with van der Waals surface area (Å²) in [6.07, 6.45) is 1.31. The number of nitriles is 1. The lowest BCUT2D eigenvalue weighted by atomic mass is 10.2. The van der Waals surface area contributed by atoms with Crippen molar-refractivity contribution >= 4 is 17.6 Å². The van der Waals surface area contributed by atoms with E-state index in [2.05, 4.69) is 0 Å². The molecule has 0 saturated heterocycles. The van der Waals surface area contributed by atoms with Gasteiger partial charge >= 0.3 is 5.97 Å². The van der Waals surface area contributed by atoms with E-state index in [-0.39, 0.29) is 6.42 Å². The zero-order valence-corrected chi connectivity index (χ0v) is 9.91. The van der Waals surface area contributed by atoms with Crippen LogP contribution in [0.5, 0.6) is 5.75 Å². The Labute approximate surface area is 104 Å². The predicted molar refractivity (Wildman–Crippen MR) is 63.1 cm³/mol. The van der Waals surface area contributed by atoms with E-state index >= 15 is 0 Å². The molecular weight excluding hydrogens is 242 g/mol. The summed E-state index contributed by atoms with van der Waals surface area (Å²) in [5.41, 5.74) is 0.312. The lowest BCUT2D eigenvalue weighted by Crippen LogP contribution is -2.01. The number of halogens is 1. The Kier molecular flexibility index (Phi) is 5.31. The summed E-state index contributed by atoms with van der Waals surface area (Å²) < 4.78 is 5.39. The molecule has 90 valence electrons. The summed E-state index contributed by atoms with van der Waals surface area (Å²) in [4.78, 5) is 10.3. The zero-order valence-electron chi connectivity index (χ0n) is 9.15. The minimum atomic E-state index is -0.814. The number of carboxylic acid groups (broad SMARTS) is 1. The molecule has 0 aliphatic heterocycles. The Balaban J connectivity index is 2.45. The van der Waals surface area contributed by atoms with Crippen molar-refractivity contribution in [2.75, 3.05) is 6.61 Å². The van der Waals surface area contributed by atoms with E-state index in [1.165, 1.54) is 0 Å². The van der Waals surface area contributed by atoms with Crippen molar-refractivity contribution in [1.82, 2.24) is 0 Å². The number of nitrogens with zero attached hydrogens (tertiary/aromatic N) is 1. The van der Waals surface area contributed by atoms with Gasteiger partial charge in [0.15, 0.2) is 0 Å². The van der Waals surface area contributed by atoms with Gasteiger partial charge in [-0.1, -0.05) is 17.7 Å². The average Bonchev–Trinajstić information content (AvgIpc) is 2.28. The fraction of sp³-hybridized carbons (Fsp3) is 0.333. The second kappa shape index (κ2) is 6.77. The molecular formula is C12H12ClNO3. The molecule has 0 spiro atoms. The van der Waals surface area contributed by atoms with Crippen LogP contribution >= 0.6 is 11.6 Å². The van der Waals surface area contributed by atoms with Gasteiger partial charge in [-0.05, 0) is 25.0 Å². The van der Waals surface area contributed by atoms with Gasteiger partial charge in [-0.15, -0.1) is 0 Å². The maximum Gasteiger partial charge on any atom is 0.303 e. The number of aliphatic carboxylic acids is 1. The fourth-order valence-corrected chi connectivity index (χ4v) is 1.50. The number of ether oxygens (including phenoxy) is 1. The van der Waals surface area contributed by atoms with Crippen LogP contribution in [0.3, 0.4) is 0 Å². The van der Waals surface area contributed by atoms with Crippen LogP contribution < -0.4 is 4.74 Å². The summed E-state index contributed by atoms with van der Waals surface area (Å²) >= 11 is 5.83. The van der Waals surface area contributed by atoms with E-state index < -0.39 is 5.97 Å². The molecule has 0 fully saturated rings. The van der Waals surface area contributed by atoms with Crippen molar-refractivity contribution < 1.29 is 14.6 Å². The topological polar surface area (TPSA) is 70.3 Å². The minimum absolute atomic E-state index is 0.129. The van der Waals surface area contributed by atoms with Crippen molar-refractivity contribution in [2.45, 2.75) is 19.3 Å². The fourth-order valence-electron chi connectivity index (χ4n) is 1.29. The van der Waals surface area contributed by atoms with Gasteiger partial charge in [0.1, 0.15) is 17.4 Å². The van der Waals surface area contributed by atoms with E-state index in [0.29, 0.717) is 35.8 Å². The molecule has 5 heteroatoms. The van der Waals surface area contributed by atoms with Crippen LogP contribution in [0.1, 0.15) is 24.8 Å². The van der Waals surface area contributed by atoms with Gasteiger partial charge in [-0.25, -0.2) is 0 Å². The van der Waals surface area contributed by atoms with Crippen molar-refractivity contribution in [3.63, 3.8) is 0 Å². The van der Waals surface area contributed by atoms with E-state index in [4.69, 9.17) is 26.7 Å². The van der Waals surface area contributed by atoms with E-state index in [0.717, 1.165) is 0 Å². The third-order valence-corrected chi connectivity index (χ3v) is 2.44. The van der Waals surface area contributed by atoms with Crippen LogP contribution in [0.2, 0.25) is 5.02 Å². The maximum atomic E-state index is 10.3. The lowest BCUT2D eigenvalue weighted by Gasteiger charge is -2.07. The number of benzene rings is 1. The molecule has 0 heterocycles. The summed E-state index contributed by atoms with van der Waals surface area (Å²) in [5, 5.41) is 17.7. The largest absolute Gasteiger partial charge is 0.492 e. The molecule has 0 amide bonds. The molecule has 1 aromatic rings. The Morgan fingerprint density at radius 2 is 2.24 bits per heavy atom. The highest BCUT2D eigenvalue weighted by atomic mass is 35.5. The first-order chi connectivity index (χ1) is 8.15. The molecule has 0 saturated carbocycles. The second-order valence-electron chi connectivity index (χ2n) is 3.42. The first-order valence-corrected chi connectivity index (χ1v) is 5.56. The summed E-state index contributed by atoms with van der Waals surface area (Å²) in [5.74, 6) is -0.374. The first-order valence-electron chi connectivity index (χ1n) is 5.18. The molecule has 0 aliphatic carbocycles. The van der Waals surface area contributed by atoms with Gasteiger partial charge < -0.3 is 9.84 Å². The van der Waals surface area contributed by atoms with Crippen LogP contribution in [0.4, 0.5) is 0 Å². The monoisotopic (exact) mass is 253 g/mol. The predicted octanol–water partition coefficient (Wildman–Crippen LogP) is 2.85. The molecule has 1 rings (SSSR count). The van der Waals surface area contributed by atoms with Crippen molar-refractivity contribution in [3.05, 3.63) is 28.8 Å². The molecule has 1 aromatic carbocycles. The van der Waals surface area contributed by atoms with Gasteiger partial charge in [0, 0.05) is 6.42 Å². The molecule has 17 heavy (non-hydrogen) atoms. The SMILES string of the molecule is N#Cc1c(Cl)cccc1OCCCCC(=O)O. The molecule has 0 radical (unpaired) electrons. The Morgan fingerprint density at radius 3 is 2.88 bits per heavy atom. The number of hydrogen-bond acceptors (Lipinski definition) is 3. The van der Waals surface area contributed by atoms with Crippen molar-refractivity contribution in [2.24, 2.45) is 0 Å². The Hall–Kier alpha value is -1.73. The van der Waals surface area contributed by atoms with Crippen LogP contribution in [-0.2, 0) is 4.79 Å². The lowest BCUT2D eigenvalue weighted by molar-refractivity contribution is -0.137. The average molecular weight is 254 g/mol. The van der Waals surface area contributed by atoms with Crippen molar-refractivity contribution in [3.8, 4) is 11.8 Å². The molecule has 0 bridgehead atoms. The van der Waals surface area contributed by atoms with Gasteiger partial charge in [-0.3, -0.25) is 4.79 Å². The number of unbranched alkanes of at least 4 members (excludes halogenated alkanes) is 1. The van der Waals surface area contributed by atoms with Crippen LogP contribution in [0.15, 0.2) is 18.2 Å². The Morgan fingerprint density at radius 1 is 1.47 bits per heavy atom. The minimum Gasteiger partial charge on any atom is -0.492 e. The van der Waals surface area contributed by atoms with Crippen LogP contribution in [0, 0.1) is 11.3 Å². The van der Waals surface area contributed by atoms with Gasteiger partial charge in [0.25, 0.3) is 0 Å². The number of hydrogen-bond donors (Lipinski definition) is 1. The molecule has 0 aliphatic rings. The summed E-state index contributed by atoms with van der Waals surface area (Å²) in [6, 6.07) is 6.97. The normalized spacial score (nSPS) is 9.65. The maximum absolute atomic E-state index is 10.3. The summed E-state index contributed by atoms with van der Waals surface area (Å²) in [6.45, 7) is 0.377. The molecule has 0 aromatic heterocycles. The molecule has 4 nitrogen and oxygen atoms in total. The third-order valence-electron chi connectivity index (χ3n) is 2.13. The zero-order chi connectivity index (χ0) is 12.7. The van der Waals surface area contributed by atoms with Gasteiger partial charge in [-0.2, -0.15) is 5.26 Å². The molecule has 1 N–H and O–H groups in total. The van der Waals surface area contributed by atoms with Crippen LogP contribution in [-0.4, -0.2) is 17.7 Å². The second-order valence-corrected chi connectivity index (χ2v) is 3.83. The van der Waals surface area contributed by atoms with E-state index in [1.54, 1.807) is 18.2 Å². The quantitative estimate of drug-likeness (QED) is 0.792. The van der Waals surface area contributed by atoms with E-state index in [9.17, 15) is 4.79 Å². The Bertz CT molecular complexity index is 440. The van der Waals surface area contributed by atoms with Gasteiger partial charge in [0.2, 0.25) is 0 Å². The van der Waals surface area contributed by atoms with E-state index in [1.807, 2.05) is 6.07 Å². The summed E-state index contributed by atoms with van der Waals surface area (Å²) in [7, 11) is 0. The number of carbonyl (C=O) groups is 1. The smallest absolute Gasteiger partial charge is 0.303 e. The molecule has 0 atom stereocenters. The van der Waals surface area contributed by atoms with Crippen molar-refractivity contribution in [1.29, 1.82) is 5.26 Å². The van der Waals surface area contributed by atoms with Gasteiger partial charge in [0.05, 0.1) is 11.6 Å². The first kappa shape index (κ1) is 13.3. The highest BCUT2D eigenvalue weighted by Crippen LogP contribution is 2.25. The molecule has 0 unspecified atom stereocenters.